The summed E-state index contributed by atoms with van der Waals surface area (Å²) in [6.07, 6.45) is -3.46. The number of rotatable bonds is 8. The van der Waals surface area contributed by atoms with Crippen molar-refractivity contribution in [3.05, 3.63) is 0 Å². The molecule has 0 N–H and O–H groups in total. The van der Waals surface area contributed by atoms with Crippen LogP contribution in [0.1, 0.15) is 39.5 Å². The van der Waals surface area contributed by atoms with Crippen molar-refractivity contribution in [1.82, 2.24) is 0 Å². The van der Waals surface area contributed by atoms with Gasteiger partial charge in [-0.05, 0) is 31.9 Å². The summed E-state index contributed by atoms with van der Waals surface area (Å²) in [6.45, 7) is 4.02. The lowest BCUT2D eigenvalue weighted by Crippen LogP contribution is -2.17. The van der Waals surface area contributed by atoms with E-state index in [1.807, 2.05) is 6.92 Å². The van der Waals surface area contributed by atoms with Crippen molar-refractivity contribution in [1.29, 1.82) is 0 Å². The van der Waals surface area contributed by atoms with Gasteiger partial charge in [0.25, 0.3) is 0 Å². The number of unbranched alkanes of at least 4 members (excludes halogenated alkanes) is 1. The van der Waals surface area contributed by atoms with Gasteiger partial charge in [-0.2, -0.15) is 13.2 Å². The molecule has 1 unspecified atom stereocenters. The quantitative estimate of drug-likeness (QED) is 0.496. The van der Waals surface area contributed by atoms with Crippen molar-refractivity contribution < 1.29 is 22.7 Å². The zero-order chi connectivity index (χ0) is 13.3. The Bertz CT molecular complexity index is 219. The van der Waals surface area contributed by atoms with E-state index >= 15 is 0 Å². The maximum Gasteiger partial charge on any atom is 0.389 e. The second-order valence-corrected chi connectivity index (χ2v) is 5.20. The highest BCUT2D eigenvalue weighted by molar-refractivity contribution is 8.00. The standard InChI is InChI=1S/C11H19F3O2S/c1-3-7-16-10(15)9(2)17-8-5-4-6-11(12,13)14/h9H,3-8H2,1-2H3. The number of hydrogen-bond acceptors (Lipinski definition) is 3. The van der Waals surface area contributed by atoms with E-state index in [1.165, 1.54) is 11.8 Å². The number of carbonyl (C=O) groups excluding carboxylic acids is 1. The molecule has 0 fully saturated rings. The van der Waals surface area contributed by atoms with Crippen LogP contribution in [0.25, 0.3) is 0 Å². The van der Waals surface area contributed by atoms with Gasteiger partial charge in [0.1, 0.15) is 0 Å². The van der Waals surface area contributed by atoms with E-state index in [1.54, 1.807) is 6.92 Å². The predicted molar refractivity (Wildman–Crippen MR) is 63.1 cm³/mol. The Morgan fingerprint density at radius 3 is 2.53 bits per heavy atom. The SMILES string of the molecule is CCCOC(=O)C(C)SCCCCC(F)(F)F. The highest BCUT2D eigenvalue weighted by atomic mass is 32.2. The summed E-state index contributed by atoms with van der Waals surface area (Å²) in [4.78, 5) is 11.3. The normalized spacial score (nSPS) is 13.5. The highest BCUT2D eigenvalue weighted by Crippen LogP contribution is 2.23. The molecule has 0 heterocycles. The maximum atomic E-state index is 11.8. The van der Waals surface area contributed by atoms with Gasteiger partial charge in [0.2, 0.25) is 0 Å². The Balaban J connectivity index is 3.51. The molecule has 0 saturated heterocycles. The highest BCUT2D eigenvalue weighted by Gasteiger charge is 2.25. The Hall–Kier alpha value is -0.390. The van der Waals surface area contributed by atoms with Gasteiger partial charge in [0.05, 0.1) is 11.9 Å². The minimum atomic E-state index is -4.07. The number of alkyl halides is 3. The number of hydrogen-bond donors (Lipinski definition) is 0. The fraction of sp³-hybridized carbons (Fsp3) is 0.909. The van der Waals surface area contributed by atoms with Crippen LogP contribution in [0.3, 0.4) is 0 Å². The monoisotopic (exact) mass is 272 g/mol. The minimum Gasteiger partial charge on any atom is -0.465 e. The maximum absolute atomic E-state index is 11.8. The molecule has 0 radical (unpaired) electrons. The molecule has 2 nitrogen and oxygen atoms in total. The minimum absolute atomic E-state index is 0.118. The van der Waals surface area contributed by atoms with E-state index in [9.17, 15) is 18.0 Å². The van der Waals surface area contributed by atoms with Crippen LogP contribution in [0.5, 0.6) is 0 Å². The molecule has 0 amide bonds. The van der Waals surface area contributed by atoms with Crippen molar-refractivity contribution in [3.63, 3.8) is 0 Å². The van der Waals surface area contributed by atoms with E-state index in [0.29, 0.717) is 18.8 Å². The van der Waals surface area contributed by atoms with Gasteiger partial charge in [-0.3, -0.25) is 4.79 Å². The van der Waals surface area contributed by atoms with Crippen molar-refractivity contribution in [3.8, 4) is 0 Å². The van der Waals surface area contributed by atoms with Crippen molar-refractivity contribution >= 4 is 17.7 Å². The Labute approximate surface area is 104 Å². The summed E-state index contributed by atoms with van der Waals surface area (Å²) in [5.41, 5.74) is 0. The molecule has 1 atom stereocenters. The van der Waals surface area contributed by atoms with E-state index in [2.05, 4.69) is 0 Å². The molecule has 0 aromatic rings. The Kier molecular flexibility index (Phi) is 8.47. The van der Waals surface area contributed by atoms with Crippen LogP contribution in [-0.2, 0) is 9.53 Å². The van der Waals surface area contributed by atoms with Crippen LogP contribution < -0.4 is 0 Å². The third-order valence-electron chi connectivity index (χ3n) is 2.00. The van der Waals surface area contributed by atoms with Gasteiger partial charge in [0.15, 0.2) is 0 Å². The predicted octanol–water partition coefficient (Wildman–Crippen LogP) is 3.79. The van der Waals surface area contributed by atoms with Crippen LogP contribution in [0, 0.1) is 0 Å². The first-order valence-electron chi connectivity index (χ1n) is 5.71. The third kappa shape index (κ3) is 10.5. The van der Waals surface area contributed by atoms with Crippen LogP contribution in [-0.4, -0.2) is 29.8 Å². The van der Waals surface area contributed by atoms with Crippen molar-refractivity contribution in [2.45, 2.75) is 51.0 Å². The fourth-order valence-corrected chi connectivity index (χ4v) is 2.00. The molecule has 0 rings (SSSR count). The largest absolute Gasteiger partial charge is 0.465 e. The number of halogens is 3. The molecule has 17 heavy (non-hydrogen) atoms. The number of esters is 1. The molecular formula is C11H19F3O2S. The second kappa shape index (κ2) is 8.66. The second-order valence-electron chi connectivity index (χ2n) is 3.75. The van der Waals surface area contributed by atoms with Gasteiger partial charge in [0, 0.05) is 6.42 Å². The average Bonchev–Trinajstić information content (AvgIpc) is 2.23. The Morgan fingerprint density at radius 1 is 1.35 bits per heavy atom. The van der Waals surface area contributed by atoms with E-state index in [4.69, 9.17) is 4.74 Å². The van der Waals surface area contributed by atoms with Crippen LogP contribution >= 0.6 is 11.8 Å². The van der Waals surface area contributed by atoms with Gasteiger partial charge < -0.3 is 4.74 Å². The Morgan fingerprint density at radius 2 is 2.00 bits per heavy atom. The molecular weight excluding hydrogens is 253 g/mol. The number of ether oxygens (including phenoxy) is 1. The first-order chi connectivity index (χ1) is 7.87. The molecule has 0 aliphatic heterocycles. The first-order valence-corrected chi connectivity index (χ1v) is 6.76. The molecule has 0 aromatic heterocycles. The lowest BCUT2D eigenvalue weighted by molar-refractivity contribution is -0.142. The smallest absolute Gasteiger partial charge is 0.389 e. The zero-order valence-electron chi connectivity index (χ0n) is 10.2. The summed E-state index contributed by atoms with van der Waals surface area (Å²) in [5.74, 6) is 0.269. The molecule has 0 aromatic carbocycles. The lowest BCUT2D eigenvalue weighted by atomic mass is 10.2. The van der Waals surface area contributed by atoms with E-state index < -0.39 is 12.6 Å². The summed E-state index contributed by atoms with van der Waals surface area (Å²) in [7, 11) is 0. The summed E-state index contributed by atoms with van der Waals surface area (Å²) in [5, 5.41) is -0.299. The van der Waals surface area contributed by atoms with Crippen LogP contribution in [0.4, 0.5) is 13.2 Å². The summed E-state index contributed by atoms with van der Waals surface area (Å²) in [6, 6.07) is 0. The van der Waals surface area contributed by atoms with Crippen molar-refractivity contribution in [2.75, 3.05) is 12.4 Å². The molecule has 0 saturated carbocycles. The van der Waals surface area contributed by atoms with Crippen LogP contribution in [0.2, 0.25) is 0 Å². The molecule has 6 heteroatoms. The third-order valence-corrected chi connectivity index (χ3v) is 3.22. The molecule has 0 aliphatic rings. The van der Waals surface area contributed by atoms with Crippen molar-refractivity contribution in [2.24, 2.45) is 0 Å². The number of carbonyl (C=O) groups is 1. The van der Waals surface area contributed by atoms with Gasteiger partial charge in [-0.1, -0.05) is 6.92 Å². The molecule has 0 spiro atoms. The lowest BCUT2D eigenvalue weighted by Gasteiger charge is -2.10. The van der Waals surface area contributed by atoms with Crippen LogP contribution in [0.15, 0.2) is 0 Å². The molecule has 0 bridgehead atoms. The molecule has 0 aliphatic carbocycles. The molecule has 102 valence electrons. The van der Waals surface area contributed by atoms with Gasteiger partial charge in [-0.25, -0.2) is 0 Å². The first kappa shape index (κ1) is 16.6. The fourth-order valence-electron chi connectivity index (χ4n) is 1.08. The summed E-state index contributed by atoms with van der Waals surface area (Å²) >= 11 is 1.34. The van der Waals surface area contributed by atoms with Gasteiger partial charge in [-0.15, -0.1) is 11.8 Å². The summed E-state index contributed by atoms with van der Waals surface area (Å²) < 4.78 is 40.4. The van der Waals surface area contributed by atoms with E-state index in [0.717, 1.165) is 6.42 Å². The number of thioether (sulfide) groups is 1. The zero-order valence-corrected chi connectivity index (χ0v) is 11.0. The van der Waals surface area contributed by atoms with Gasteiger partial charge >= 0.3 is 12.1 Å². The topological polar surface area (TPSA) is 26.3 Å². The van der Waals surface area contributed by atoms with E-state index in [-0.39, 0.29) is 17.6 Å². The average molecular weight is 272 g/mol.